The van der Waals surface area contributed by atoms with Crippen molar-refractivity contribution in [3.8, 4) is 11.3 Å². The minimum atomic E-state index is -0.961. The zero-order chi connectivity index (χ0) is 18.6. The predicted molar refractivity (Wildman–Crippen MR) is 100 cm³/mol. The monoisotopic (exact) mass is 381 g/mol. The first-order chi connectivity index (χ1) is 11.8. The van der Waals surface area contributed by atoms with Crippen molar-refractivity contribution in [3.63, 3.8) is 0 Å². The van der Waals surface area contributed by atoms with Crippen LogP contribution in [0.5, 0.6) is 0 Å². The Balaban J connectivity index is 2.07. The molecule has 1 amide bonds. The topological polar surface area (TPSA) is 82.5 Å². The van der Waals surface area contributed by atoms with E-state index in [4.69, 9.17) is 16.7 Å². The van der Waals surface area contributed by atoms with Crippen LogP contribution >= 0.6 is 22.9 Å². The summed E-state index contributed by atoms with van der Waals surface area (Å²) in [5.41, 5.74) is 1.72. The Morgan fingerprint density at radius 3 is 2.48 bits per heavy atom. The molecule has 1 aromatic carbocycles. The van der Waals surface area contributed by atoms with Crippen molar-refractivity contribution >= 4 is 39.9 Å². The molecule has 134 valence electrons. The number of carboxylic acids is 1. The number of aliphatic carboxylic acids is 1. The van der Waals surface area contributed by atoms with Gasteiger partial charge in [-0.1, -0.05) is 23.7 Å². The van der Waals surface area contributed by atoms with Crippen LogP contribution in [-0.2, 0) is 9.59 Å². The molecule has 0 spiro atoms. The number of hydrogen-bond donors (Lipinski definition) is 2. The van der Waals surface area contributed by atoms with Gasteiger partial charge in [-0.05, 0) is 32.9 Å². The quantitative estimate of drug-likeness (QED) is 0.766. The van der Waals surface area contributed by atoms with Crippen LogP contribution in [0.4, 0.5) is 5.13 Å². The fourth-order valence-corrected chi connectivity index (χ4v) is 3.24. The number of halogens is 1. The summed E-state index contributed by atoms with van der Waals surface area (Å²) < 4.78 is 0. The van der Waals surface area contributed by atoms with Crippen molar-refractivity contribution in [2.45, 2.75) is 26.8 Å². The van der Waals surface area contributed by atoms with Crippen molar-refractivity contribution in [1.29, 1.82) is 0 Å². The number of hydrogen-bond acceptors (Lipinski definition) is 5. The highest BCUT2D eigenvalue weighted by Crippen LogP contribution is 2.30. The van der Waals surface area contributed by atoms with Crippen molar-refractivity contribution in [2.24, 2.45) is 0 Å². The molecule has 8 heteroatoms. The summed E-state index contributed by atoms with van der Waals surface area (Å²) in [5, 5.41) is 12.8. The molecule has 0 bridgehead atoms. The lowest BCUT2D eigenvalue weighted by Gasteiger charge is -2.23. The molecule has 0 radical (unpaired) electrons. The van der Waals surface area contributed by atoms with E-state index < -0.39 is 5.97 Å². The maximum Gasteiger partial charge on any atom is 0.317 e. The van der Waals surface area contributed by atoms with Crippen molar-refractivity contribution in [3.05, 3.63) is 34.2 Å². The van der Waals surface area contributed by atoms with Crippen molar-refractivity contribution in [2.75, 3.05) is 18.4 Å². The van der Waals surface area contributed by atoms with E-state index in [1.807, 2.05) is 32.9 Å². The van der Waals surface area contributed by atoms with Gasteiger partial charge in [-0.25, -0.2) is 4.98 Å². The maximum atomic E-state index is 12.2. The number of carbonyl (C=O) groups is 2. The number of anilines is 1. The third kappa shape index (κ3) is 5.52. The summed E-state index contributed by atoms with van der Waals surface area (Å²) >= 11 is 7.28. The highest BCUT2D eigenvalue weighted by atomic mass is 35.5. The average Bonchev–Trinajstić information content (AvgIpc) is 2.87. The van der Waals surface area contributed by atoms with Gasteiger partial charge in [0.25, 0.3) is 0 Å². The summed E-state index contributed by atoms with van der Waals surface area (Å²) in [7, 11) is 0. The number of amides is 1. The maximum absolute atomic E-state index is 12.2. The second-order valence-corrected chi connectivity index (χ2v) is 7.51. The molecule has 0 aliphatic carbocycles. The molecule has 0 aliphatic rings. The summed E-state index contributed by atoms with van der Waals surface area (Å²) in [4.78, 5) is 30.1. The summed E-state index contributed by atoms with van der Waals surface area (Å²) in [6.07, 6.45) is 0. The molecule has 0 saturated heterocycles. The molecule has 0 saturated carbocycles. The highest BCUT2D eigenvalue weighted by molar-refractivity contribution is 7.16. The van der Waals surface area contributed by atoms with Gasteiger partial charge in [-0.15, -0.1) is 11.3 Å². The molecule has 2 aromatic rings. The SMILES string of the molecule is Cc1sc(NC(=O)CN(CC(=O)O)C(C)C)nc1-c1ccc(Cl)cc1. The van der Waals surface area contributed by atoms with Crippen LogP contribution in [0.3, 0.4) is 0 Å². The van der Waals surface area contributed by atoms with E-state index in [9.17, 15) is 9.59 Å². The van der Waals surface area contributed by atoms with Crippen LogP contribution in [0.15, 0.2) is 24.3 Å². The Morgan fingerprint density at radius 1 is 1.28 bits per heavy atom. The third-order valence-electron chi connectivity index (χ3n) is 3.58. The molecule has 25 heavy (non-hydrogen) atoms. The number of aromatic nitrogens is 1. The van der Waals surface area contributed by atoms with Gasteiger partial charge >= 0.3 is 5.97 Å². The van der Waals surface area contributed by atoms with Crippen LogP contribution in [0.2, 0.25) is 5.02 Å². The largest absolute Gasteiger partial charge is 0.480 e. The first-order valence-electron chi connectivity index (χ1n) is 7.75. The predicted octanol–water partition coefficient (Wildman–Crippen LogP) is 3.51. The lowest BCUT2D eigenvalue weighted by atomic mass is 10.1. The number of nitrogens with zero attached hydrogens (tertiary/aromatic N) is 2. The van der Waals surface area contributed by atoms with E-state index >= 15 is 0 Å². The zero-order valence-corrected chi connectivity index (χ0v) is 15.8. The van der Waals surface area contributed by atoms with Gasteiger partial charge in [0.1, 0.15) is 0 Å². The minimum Gasteiger partial charge on any atom is -0.480 e. The summed E-state index contributed by atoms with van der Waals surface area (Å²) in [6.45, 7) is 5.45. The molecule has 0 atom stereocenters. The smallest absolute Gasteiger partial charge is 0.317 e. The molecule has 6 nitrogen and oxygen atoms in total. The molecule has 0 fully saturated rings. The van der Waals surface area contributed by atoms with Crippen molar-refractivity contribution < 1.29 is 14.7 Å². The van der Waals surface area contributed by atoms with E-state index in [0.717, 1.165) is 16.1 Å². The number of thiazole rings is 1. The third-order valence-corrected chi connectivity index (χ3v) is 4.71. The van der Waals surface area contributed by atoms with E-state index in [1.165, 1.54) is 11.3 Å². The zero-order valence-electron chi connectivity index (χ0n) is 14.2. The standard InChI is InChI=1S/C17H20ClN3O3S/c1-10(2)21(9-15(23)24)8-14(22)19-17-20-16(11(3)25-17)12-4-6-13(18)7-5-12/h4-7,10H,8-9H2,1-3H3,(H,23,24)(H,19,20,22). The molecular formula is C17H20ClN3O3S. The Morgan fingerprint density at radius 2 is 1.92 bits per heavy atom. The van der Waals surface area contributed by atoms with Gasteiger partial charge < -0.3 is 10.4 Å². The Bertz CT molecular complexity index is 759. The number of carbonyl (C=O) groups excluding carboxylic acids is 1. The van der Waals surface area contributed by atoms with Crippen LogP contribution in [-0.4, -0.2) is 46.0 Å². The normalized spacial score (nSPS) is 11.1. The Labute approximate surface area is 155 Å². The van der Waals surface area contributed by atoms with E-state index in [0.29, 0.717) is 10.2 Å². The average molecular weight is 382 g/mol. The van der Waals surface area contributed by atoms with Crippen LogP contribution < -0.4 is 5.32 Å². The fourth-order valence-electron chi connectivity index (χ4n) is 2.26. The van der Waals surface area contributed by atoms with Gasteiger partial charge in [-0.2, -0.15) is 0 Å². The number of rotatable bonds is 7. The van der Waals surface area contributed by atoms with Crippen LogP contribution in [0.25, 0.3) is 11.3 Å². The number of benzene rings is 1. The molecular weight excluding hydrogens is 362 g/mol. The minimum absolute atomic E-state index is 0.00112. The number of aryl methyl sites for hydroxylation is 1. The second-order valence-electron chi connectivity index (χ2n) is 5.87. The van der Waals surface area contributed by atoms with Gasteiger partial charge in [0.2, 0.25) is 5.91 Å². The van der Waals surface area contributed by atoms with E-state index in [-0.39, 0.29) is 25.0 Å². The van der Waals surface area contributed by atoms with Gasteiger partial charge in [0.15, 0.2) is 5.13 Å². The van der Waals surface area contributed by atoms with Gasteiger partial charge in [0, 0.05) is 21.5 Å². The summed E-state index contributed by atoms with van der Waals surface area (Å²) in [6, 6.07) is 7.29. The Hall–Kier alpha value is -1.96. The van der Waals surface area contributed by atoms with Gasteiger partial charge in [0.05, 0.1) is 18.8 Å². The van der Waals surface area contributed by atoms with Gasteiger partial charge in [-0.3, -0.25) is 14.5 Å². The Kier molecular flexibility index (Phi) is 6.52. The molecule has 0 aliphatic heterocycles. The first-order valence-corrected chi connectivity index (χ1v) is 8.94. The van der Waals surface area contributed by atoms with Crippen LogP contribution in [0, 0.1) is 6.92 Å². The number of carboxylic acid groups (broad SMARTS) is 1. The molecule has 2 rings (SSSR count). The first kappa shape index (κ1) is 19.4. The van der Waals surface area contributed by atoms with E-state index in [1.54, 1.807) is 17.0 Å². The van der Waals surface area contributed by atoms with Crippen LogP contribution in [0.1, 0.15) is 18.7 Å². The molecule has 2 N–H and O–H groups in total. The molecule has 0 unspecified atom stereocenters. The molecule has 1 heterocycles. The molecule has 1 aromatic heterocycles. The second kappa shape index (κ2) is 8.42. The highest BCUT2D eigenvalue weighted by Gasteiger charge is 2.18. The lowest BCUT2D eigenvalue weighted by Crippen LogP contribution is -2.41. The number of nitrogens with one attached hydrogen (secondary N) is 1. The summed E-state index contributed by atoms with van der Waals surface area (Å²) in [5.74, 6) is -1.25. The fraction of sp³-hybridized carbons (Fsp3) is 0.353. The van der Waals surface area contributed by atoms with E-state index in [2.05, 4.69) is 10.3 Å². The lowest BCUT2D eigenvalue weighted by molar-refractivity contribution is -0.139. The van der Waals surface area contributed by atoms with Crippen molar-refractivity contribution in [1.82, 2.24) is 9.88 Å².